The van der Waals surface area contributed by atoms with Crippen molar-refractivity contribution in [1.29, 1.82) is 0 Å². The molecule has 0 fully saturated rings. The number of anilines is 1. The van der Waals surface area contributed by atoms with Crippen molar-refractivity contribution < 1.29 is 28.6 Å². The zero-order valence-electron chi connectivity index (χ0n) is 18.5. The third kappa shape index (κ3) is 7.71. The van der Waals surface area contributed by atoms with Gasteiger partial charge in [0.05, 0.1) is 20.8 Å². The van der Waals surface area contributed by atoms with E-state index in [0.29, 0.717) is 11.5 Å². The van der Waals surface area contributed by atoms with E-state index in [1.165, 1.54) is 25.3 Å². The third-order valence-electron chi connectivity index (χ3n) is 4.09. The van der Waals surface area contributed by atoms with Crippen molar-refractivity contribution >= 4 is 23.4 Å². The van der Waals surface area contributed by atoms with Gasteiger partial charge in [-0.1, -0.05) is 0 Å². The Labute approximate surface area is 186 Å². The van der Waals surface area contributed by atoms with Crippen LogP contribution in [0.4, 0.5) is 5.69 Å². The Morgan fingerprint density at radius 3 is 2.22 bits per heavy atom. The van der Waals surface area contributed by atoms with Crippen LogP contribution in [0.2, 0.25) is 0 Å². The number of benzene rings is 2. The molecule has 0 bridgehead atoms. The molecule has 2 aromatic rings. The van der Waals surface area contributed by atoms with Gasteiger partial charge in [0.1, 0.15) is 5.75 Å². The average Bonchev–Trinajstić information content (AvgIpc) is 2.79. The predicted molar refractivity (Wildman–Crippen MR) is 119 cm³/mol. The van der Waals surface area contributed by atoms with Gasteiger partial charge in [0.25, 0.3) is 17.7 Å². The fourth-order valence-electron chi connectivity index (χ4n) is 2.57. The first-order valence-electron chi connectivity index (χ1n) is 9.89. The van der Waals surface area contributed by atoms with Crippen molar-refractivity contribution in [3.63, 3.8) is 0 Å². The number of methoxy groups -OCH3 is 2. The third-order valence-corrected chi connectivity index (χ3v) is 4.09. The molecule has 2 aromatic carbocycles. The van der Waals surface area contributed by atoms with Gasteiger partial charge >= 0.3 is 0 Å². The minimum absolute atomic E-state index is 0.000635. The van der Waals surface area contributed by atoms with Gasteiger partial charge in [0.2, 0.25) is 0 Å². The first kappa shape index (κ1) is 24.3. The average molecular weight is 444 g/mol. The van der Waals surface area contributed by atoms with Crippen molar-refractivity contribution in [3.05, 3.63) is 48.0 Å². The molecule has 10 nitrogen and oxygen atoms in total. The molecule has 10 heteroatoms. The van der Waals surface area contributed by atoms with Crippen LogP contribution in [0.3, 0.4) is 0 Å². The van der Waals surface area contributed by atoms with Crippen LogP contribution in [0.25, 0.3) is 0 Å². The zero-order valence-corrected chi connectivity index (χ0v) is 18.5. The second-order valence-electron chi connectivity index (χ2n) is 6.96. The highest BCUT2D eigenvalue weighted by Gasteiger charge is 2.13. The molecular formula is C22H28N4O6. The van der Waals surface area contributed by atoms with Crippen LogP contribution in [0.5, 0.6) is 17.2 Å². The normalized spacial score (nSPS) is 10.2. The molecular weight excluding hydrogens is 416 g/mol. The number of nitrogens with one attached hydrogen (secondary N) is 4. The summed E-state index contributed by atoms with van der Waals surface area (Å²) in [5.41, 5.74) is 5.64. The molecule has 0 radical (unpaired) electrons. The van der Waals surface area contributed by atoms with Crippen molar-refractivity contribution in [1.82, 2.24) is 16.2 Å². The first-order valence-corrected chi connectivity index (χ1v) is 9.89. The summed E-state index contributed by atoms with van der Waals surface area (Å²) < 4.78 is 15.8. The van der Waals surface area contributed by atoms with E-state index in [4.69, 9.17) is 14.2 Å². The molecule has 0 aliphatic heterocycles. The minimum Gasteiger partial charge on any atom is -0.497 e. The molecule has 0 aromatic heterocycles. The summed E-state index contributed by atoms with van der Waals surface area (Å²) in [5, 5.41) is 5.65. The molecule has 172 valence electrons. The molecule has 3 amide bonds. The summed E-state index contributed by atoms with van der Waals surface area (Å²) in [5.74, 6) is 0.0633. The standard InChI is InChI=1S/C22H28N4O6/c1-14(2)24-21(28)13-32-18-10-5-15(11-19(18)31-4)22(29)26-25-20(27)12-23-16-6-8-17(30-3)9-7-16/h5-11,14,23H,12-13H2,1-4H3,(H,24,28)(H,25,27)(H,26,29). The topological polar surface area (TPSA) is 127 Å². The smallest absolute Gasteiger partial charge is 0.269 e. The van der Waals surface area contributed by atoms with E-state index in [1.54, 1.807) is 31.4 Å². The number of carbonyl (C=O) groups is 3. The molecule has 0 spiro atoms. The number of hydrogen-bond acceptors (Lipinski definition) is 7. The quantitative estimate of drug-likeness (QED) is 0.409. The maximum atomic E-state index is 12.3. The number of ether oxygens (including phenoxy) is 3. The molecule has 0 aliphatic carbocycles. The molecule has 0 heterocycles. The highest BCUT2D eigenvalue weighted by atomic mass is 16.5. The SMILES string of the molecule is COc1ccc(NCC(=O)NNC(=O)c2ccc(OCC(=O)NC(C)C)c(OC)c2)cc1. The molecule has 0 aliphatic rings. The lowest BCUT2D eigenvalue weighted by atomic mass is 10.2. The summed E-state index contributed by atoms with van der Waals surface area (Å²) in [4.78, 5) is 36.1. The Bertz CT molecular complexity index is 931. The Balaban J connectivity index is 1.84. The van der Waals surface area contributed by atoms with E-state index in [1.807, 2.05) is 13.8 Å². The van der Waals surface area contributed by atoms with Crippen LogP contribution in [-0.2, 0) is 9.59 Å². The van der Waals surface area contributed by atoms with Gasteiger partial charge in [-0.3, -0.25) is 25.2 Å². The first-order chi connectivity index (χ1) is 15.3. The van der Waals surface area contributed by atoms with Gasteiger partial charge in [-0.2, -0.15) is 0 Å². The summed E-state index contributed by atoms with van der Waals surface area (Å²) >= 11 is 0. The monoisotopic (exact) mass is 444 g/mol. The molecule has 0 saturated heterocycles. The predicted octanol–water partition coefficient (Wildman–Crippen LogP) is 1.48. The van der Waals surface area contributed by atoms with E-state index in [9.17, 15) is 14.4 Å². The summed E-state index contributed by atoms with van der Waals surface area (Å²) in [6, 6.07) is 11.5. The molecule has 2 rings (SSSR count). The summed E-state index contributed by atoms with van der Waals surface area (Å²) in [6.07, 6.45) is 0. The summed E-state index contributed by atoms with van der Waals surface area (Å²) in [7, 11) is 2.99. The lowest BCUT2D eigenvalue weighted by molar-refractivity contribution is -0.123. The number of hydrogen-bond donors (Lipinski definition) is 4. The highest BCUT2D eigenvalue weighted by Crippen LogP contribution is 2.28. The molecule has 4 N–H and O–H groups in total. The van der Waals surface area contributed by atoms with Crippen LogP contribution in [0.15, 0.2) is 42.5 Å². The maximum Gasteiger partial charge on any atom is 0.269 e. The Hall–Kier alpha value is -3.95. The van der Waals surface area contributed by atoms with Gasteiger partial charge in [-0.05, 0) is 56.3 Å². The lowest BCUT2D eigenvalue weighted by Crippen LogP contribution is -2.44. The van der Waals surface area contributed by atoms with Crippen LogP contribution in [-0.4, -0.2) is 51.1 Å². The number of rotatable bonds is 10. The van der Waals surface area contributed by atoms with E-state index in [-0.39, 0.29) is 36.4 Å². The van der Waals surface area contributed by atoms with Crippen LogP contribution in [0, 0.1) is 0 Å². The van der Waals surface area contributed by atoms with Gasteiger partial charge in [0.15, 0.2) is 18.1 Å². The van der Waals surface area contributed by atoms with Gasteiger partial charge in [0, 0.05) is 17.3 Å². The van der Waals surface area contributed by atoms with Gasteiger partial charge in [-0.15, -0.1) is 0 Å². The van der Waals surface area contributed by atoms with E-state index < -0.39 is 11.8 Å². The fourth-order valence-corrected chi connectivity index (χ4v) is 2.57. The second-order valence-corrected chi connectivity index (χ2v) is 6.96. The number of hydrazine groups is 1. The minimum atomic E-state index is -0.537. The molecule has 0 saturated carbocycles. The van der Waals surface area contributed by atoms with Gasteiger partial charge in [-0.25, -0.2) is 0 Å². The van der Waals surface area contributed by atoms with Crippen LogP contribution >= 0.6 is 0 Å². The van der Waals surface area contributed by atoms with Crippen molar-refractivity contribution in [2.75, 3.05) is 32.7 Å². The summed E-state index contributed by atoms with van der Waals surface area (Å²) in [6.45, 7) is 3.47. The second kappa shape index (κ2) is 12.0. The van der Waals surface area contributed by atoms with Crippen LogP contribution in [0.1, 0.15) is 24.2 Å². The zero-order chi connectivity index (χ0) is 23.5. The number of carbonyl (C=O) groups excluding carboxylic acids is 3. The van der Waals surface area contributed by atoms with Gasteiger partial charge < -0.3 is 24.8 Å². The van der Waals surface area contributed by atoms with E-state index in [0.717, 1.165) is 5.69 Å². The maximum absolute atomic E-state index is 12.3. The molecule has 0 unspecified atom stereocenters. The van der Waals surface area contributed by atoms with Crippen molar-refractivity contribution in [2.24, 2.45) is 0 Å². The fraction of sp³-hybridized carbons (Fsp3) is 0.318. The lowest BCUT2D eigenvalue weighted by Gasteiger charge is -2.13. The highest BCUT2D eigenvalue weighted by molar-refractivity contribution is 5.96. The molecule has 0 atom stereocenters. The largest absolute Gasteiger partial charge is 0.497 e. The Morgan fingerprint density at radius 2 is 1.59 bits per heavy atom. The Kier molecular flexibility index (Phi) is 9.15. The van der Waals surface area contributed by atoms with E-state index >= 15 is 0 Å². The van der Waals surface area contributed by atoms with Crippen LogP contribution < -0.4 is 35.7 Å². The van der Waals surface area contributed by atoms with E-state index in [2.05, 4.69) is 21.5 Å². The van der Waals surface area contributed by atoms with Crippen molar-refractivity contribution in [3.8, 4) is 17.2 Å². The van der Waals surface area contributed by atoms with Crippen molar-refractivity contribution in [2.45, 2.75) is 19.9 Å². The number of amides is 3. The Morgan fingerprint density at radius 1 is 0.875 bits per heavy atom. The molecule has 32 heavy (non-hydrogen) atoms.